The van der Waals surface area contributed by atoms with Crippen LogP contribution in [0, 0.1) is 19.8 Å². The van der Waals surface area contributed by atoms with Crippen LogP contribution in [-0.4, -0.2) is 28.1 Å². The molecule has 0 bridgehead atoms. The van der Waals surface area contributed by atoms with E-state index in [9.17, 15) is 9.59 Å². The molecule has 0 unspecified atom stereocenters. The summed E-state index contributed by atoms with van der Waals surface area (Å²) in [5.74, 6) is 0.955. The van der Waals surface area contributed by atoms with Gasteiger partial charge in [-0.1, -0.05) is 26.0 Å². The Labute approximate surface area is 181 Å². The molecule has 3 rings (SSSR count). The zero-order chi connectivity index (χ0) is 22.5. The Hall–Kier alpha value is -3.55. The normalized spacial score (nSPS) is 10.9. The van der Waals surface area contributed by atoms with Gasteiger partial charge in [0.15, 0.2) is 5.76 Å². The predicted octanol–water partition coefficient (Wildman–Crippen LogP) is 3.85. The molecule has 8 heteroatoms. The van der Waals surface area contributed by atoms with E-state index in [1.165, 1.54) is 10.9 Å². The van der Waals surface area contributed by atoms with Crippen molar-refractivity contribution in [1.29, 1.82) is 0 Å². The van der Waals surface area contributed by atoms with E-state index in [0.717, 1.165) is 16.9 Å². The number of nitrogens with one attached hydrogen (secondary N) is 2. The number of hydrogen-bond donors (Lipinski definition) is 2. The van der Waals surface area contributed by atoms with E-state index in [-0.39, 0.29) is 24.0 Å². The number of rotatable bonds is 8. The Morgan fingerprint density at radius 3 is 2.68 bits per heavy atom. The van der Waals surface area contributed by atoms with Crippen molar-refractivity contribution < 1.29 is 18.7 Å². The van der Waals surface area contributed by atoms with Crippen molar-refractivity contribution in [3.63, 3.8) is 0 Å². The average molecular weight is 425 g/mol. The number of benzene rings is 1. The van der Waals surface area contributed by atoms with Crippen LogP contribution in [0.1, 0.15) is 51.8 Å². The number of nitrogens with zero attached hydrogens (tertiary/aromatic N) is 2. The molecule has 0 fully saturated rings. The van der Waals surface area contributed by atoms with Gasteiger partial charge in [0.2, 0.25) is 0 Å². The maximum atomic E-state index is 12.6. The summed E-state index contributed by atoms with van der Waals surface area (Å²) in [6.45, 7) is 8.71. The molecule has 164 valence electrons. The van der Waals surface area contributed by atoms with Crippen LogP contribution in [0.3, 0.4) is 0 Å². The molecule has 2 N–H and O–H groups in total. The molecule has 8 nitrogen and oxygen atoms in total. The first-order chi connectivity index (χ1) is 14.7. The van der Waals surface area contributed by atoms with Crippen molar-refractivity contribution >= 4 is 17.5 Å². The van der Waals surface area contributed by atoms with Gasteiger partial charge in [0.25, 0.3) is 11.8 Å². The molecule has 2 aromatic heterocycles. The minimum absolute atomic E-state index is 0.122. The van der Waals surface area contributed by atoms with Crippen molar-refractivity contribution in [2.75, 3.05) is 11.9 Å². The predicted molar refractivity (Wildman–Crippen MR) is 117 cm³/mol. The first-order valence-corrected chi connectivity index (χ1v) is 10.1. The third-order valence-corrected chi connectivity index (χ3v) is 4.67. The van der Waals surface area contributed by atoms with Crippen LogP contribution < -0.4 is 15.4 Å². The van der Waals surface area contributed by atoms with Crippen LogP contribution in [0.4, 0.5) is 5.69 Å². The summed E-state index contributed by atoms with van der Waals surface area (Å²) >= 11 is 0. The lowest BCUT2D eigenvalue weighted by molar-refractivity contribution is 0.0940. The minimum atomic E-state index is -0.469. The van der Waals surface area contributed by atoms with Gasteiger partial charge in [0, 0.05) is 13.6 Å². The highest BCUT2D eigenvalue weighted by atomic mass is 16.5. The van der Waals surface area contributed by atoms with E-state index in [1.807, 2.05) is 45.9 Å². The molecule has 3 aromatic rings. The maximum absolute atomic E-state index is 12.6. The summed E-state index contributed by atoms with van der Waals surface area (Å²) in [6.07, 6.45) is 1.44. The smallest absolute Gasteiger partial charge is 0.291 e. The number of anilines is 1. The Morgan fingerprint density at radius 1 is 1.16 bits per heavy atom. The summed E-state index contributed by atoms with van der Waals surface area (Å²) in [7, 11) is 1.65. The largest absolute Gasteiger partial charge is 0.485 e. The van der Waals surface area contributed by atoms with E-state index in [2.05, 4.69) is 15.7 Å². The number of amides is 2. The second kappa shape index (κ2) is 9.51. The molecular formula is C23H28N4O4. The van der Waals surface area contributed by atoms with Gasteiger partial charge in [-0.2, -0.15) is 5.10 Å². The molecule has 0 saturated heterocycles. The summed E-state index contributed by atoms with van der Waals surface area (Å²) in [4.78, 5) is 25.1. The molecule has 0 radical (unpaired) electrons. The molecule has 2 heterocycles. The Morgan fingerprint density at radius 2 is 1.94 bits per heavy atom. The van der Waals surface area contributed by atoms with E-state index >= 15 is 0 Å². The fourth-order valence-corrected chi connectivity index (χ4v) is 2.95. The minimum Gasteiger partial charge on any atom is -0.485 e. The standard InChI is InChI=1S/C23H28N4O4/c1-14(2)11-24-23(29)21-18(12-25-27(21)5)26-22(28)19-9-8-17(31-19)13-30-20-10-15(3)6-7-16(20)4/h6-10,12,14H,11,13H2,1-5H3,(H,24,29)(H,26,28). The van der Waals surface area contributed by atoms with Gasteiger partial charge in [0.1, 0.15) is 23.8 Å². The van der Waals surface area contributed by atoms with Gasteiger partial charge >= 0.3 is 0 Å². The highest BCUT2D eigenvalue weighted by Crippen LogP contribution is 2.21. The van der Waals surface area contributed by atoms with Gasteiger partial charge in [0.05, 0.1) is 11.9 Å². The Bertz CT molecular complexity index is 1080. The lowest BCUT2D eigenvalue weighted by Gasteiger charge is -2.10. The molecule has 0 aliphatic heterocycles. The quantitative estimate of drug-likeness (QED) is 0.572. The molecule has 0 aliphatic carbocycles. The number of ether oxygens (including phenoxy) is 1. The Balaban J connectivity index is 1.65. The van der Waals surface area contributed by atoms with Crippen molar-refractivity contribution in [2.45, 2.75) is 34.3 Å². The number of carbonyl (C=O) groups excluding carboxylic acids is 2. The van der Waals surface area contributed by atoms with Gasteiger partial charge in [-0.15, -0.1) is 0 Å². The zero-order valence-corrected chi connectivity index (χ0v) is 18.5. The second-order valence-corrected chi connectivity index (χ2v) is 7.91. The van der Waals surface area contributed by atoms with Crippen LogP contribution in [0.25, 0.3) is 0 Å². The maximum Gasteiger partial charge on any atom is 0.291 e. The van der Waals surface area contributed by atoms with Crippen molar-refractivity contribution in [3.8, 4) is 5.75 Å². The van der Waals surface area contributed by atoms with Crippen molar-refractivity contribution in [1.82, 2.24) is 15.1 Å². The van der Waals surface area contributed by atoms with Gasteiger partial charge in [-0.05, 0) is 49.1 Å². The molecular weight excluding hydrogens is 396 g/mol. The van der Waals surface area contributed by atoms with Crippen LogP contribution in [0.5, 0.6) is 5.75 Å². The fourth-order valence-electron chi connectivity index (χ4n) is 2.95. The average Bonchev–Trinajstić information content (AvgIpc) is 3.33. The number of hydrogen-bond acceptors (Lipinski definition) is 5. The zero-order valence-electron chi connectivity index (χ0n) is 18.5. The topological polar surface area (TPSA) is 98.4 Å². The first-order valence-electron chi connectivity index (χ1n) is 10.1. The number of furan rings is 1. The van der Waals surface area contributed by atoms with E-state index in [4.69, 9.17) is 9.15 Å². The molecule has 2 amide bonds. The lowest BCUT2D eigenvalue weighted by atomic mass is 10.1. The summed E-state index contributed by atoms with van der Waals surface area (Å²) < 4.78 is 12.9. The monoisotopic (exact) mass is 424 g/mol. The SMILES string of the molecule is Cc1ccc(C)c(OCc2ccc(C(=O)Nc3cnn(C)c3C(=O)NCC(C)C)o2)c1. The number of carbonyl (C=O) groups is 2. The highest BCUT2D eigenvalue weighted by Gasteiger charge is 2.20. The Kier molecular flexibility index (Phi) is 6.79. The molecule has 0 saturated carbocycles. The van der Waals surface area contributed by atoms with Gasteiger partial charge in [-0.3, -0.25) is 14.3 Å². The lowest BCUT2D eigenvalue weighted by Crippen LogP contribution is -2.30. The van der Waals surface area contributed by atoms with Gasteiger partial charge < -0.3 is 19.8 Å². The van der Waals surface area contributed by atoms with Crippen molar-refractivity contribution in [2.24, 2.45) is 13.0 Å². The van der Waals surface area contributed by atoms with Crippen LogP contribution in [0.2, 0.25) is 0 Å². The summed E-state index contributed by atoms with van der Waals surface area (Å²) in [5, 5.41) is 9.62. The molecule has 31 heavy (non-hydrogen) atoms. The van der Waals surface area contributed by atoms with Gasteiger partial charge in [-0.25, -0.2) is 0 Å². The first kappa shape index (κ1) is 22.1. The van der Waals surface area contributed by atoms with E-state index in [0.29, 0.717) is 23.9 Å². The third-order valence-electron chi connectivity index (χ3n) is 4.67. The van der Waals surface area contributed by atoms with E-state index < -0.39 is 5.91 Å². The molecule has 0 atom stereocenters. The van der Waals surface area contributed by atoms with Crippen LogP contribution in [0.15, 0.2) is 40.9 Å². The van der Waals surface area contributed by atoms with E-state index in [1.54, 1.807) is 19.2 Å². The van der Waals surface area contributed by atoms with Crippen LogP contribution in [-0.2, 0) is 13.7 Å². The molecule has 0 spiro atoms. The fraction of sp³-hybridized carbons (Fsp3) is 0.348. The highest BCUT2D eigenvalue weighted by molar-refractivity contribution is 6.07. The van der Waals surface area contributed by atoms with Crippen LogP contribution >= 0.6 is 0 Å². The van der Waals surface area contributed by atoms with Crippen molar-refractivity contribution in [3.05, 3.63) is 64.9 Å². The third kappa shape index (κ3) is 5.53. The summed E-state index contributed by atoms with van der Waals surface area (Å²) in [6, 6.07) is 9.24. The molecule has 1 aromatic carbocycles. The molecule has 0 aliphatic rings. The second-order valence-electron chi connectivity index (χ2n) is 7.91. The number of aromatic nitrogens is 2. The number of aryl methyl sites for hydroxylation is 3. The summed E-state index contributed by atoms with van der Waals surface area (Å²) in [5.41, 5.74) is 2.72.